The van der Waals surface area contributed by atoms with Gasteiger partial charge in [0.2, 0.25) is 5.95 Å². The summed E-state index contributed by atoms with van der Waals surface area (Å²) in [6.07, 6.45) is 4.90. The first-order valence-electron chi connectivity index (χ1n) is 12.3. The van der Waals surface area contributed by atoms with Crippen LogP contribution in [0.3, 0.4) is 0 Å². The predicted octanol–water partition coefficient (Wildman–Crippen LogP) is 4.23. The molecule has 2 aliphatic rings. The van der Waals surface area contributed by atoms with E-state index in [1.807, 2.05) is 18.2 Å². The van der Waals surface area contributed by atoms with Crippen LogP contribution >= 0.6 is 0 Å². The largest absolute Gasteiger partial charge is 0.485 e. The second-order valence-electron chi connectivity index (χ2n) is 9.16. The van der Waals surface area contributed by atoms with Crippen molar-refractivity contribution in [2.24, 2.45) is 0 Å². The molecule has 0 unspecified atom stereocenters. The number of piperazine rings is 1. The Bertz CT molecular complexity index is 1190. The Kier molecular flexibility index (Phi) is 7.71. The molecule has 5 rings (SSSR count). The normalized spacial score (nSPS) is 17.1. The minimum atomic E-state index is -1.49. The third-order valence-electron chi connectivity index (χ3n) is 6.81. The number of benzene rings is 2. The van der Waals surface area contributed by atoms with E-state index < -0.39 is 35.4 Å². The van der Waals surface area contributed by atoms with Crippen LogP contribution in [-0.2, 0) is 6.61 Å². The van der Waals surface area contributed by atoms with Crippen LogP contribution < -0.4 is 20.3 Å². The molecular weight excluding hydrogens is 488 g/mol. The van der Waals surface area contributed by atoms with Gasteiger partial charge in [-0.05, 0) is 31.0 Å². The number of piperidine rings is 1. The number of aromatic nitrogens is 2. The molecule has 0 amide bonds. The molecule has 37 heavy (non-hydrogen) atoms. The molecule has 0 saturated carbocycles. The van der Waals surface area contributed by atoms with Gasteiger partial charge in [0, 0.05) is 62.8 Å². The standard InChI is InChI=1S/C26H28F4N6O/c27-22-13-23(28)25(30)21(24(22)29)16-37-20-14-32-26(33-15-20)34-17-2-1-3-19(12-17)35-8-4-18(5-9-35)36-10-6-31-7-11-36/h1-3,12-15,18,31H,4-11,16H2,(H,32,33,34). The van der Waals surface area contributed by atoms with Crippen LogP contribution in [0.15, 0.2) is 42.7 Å². The van der Waals surface area contributed by atoms with Gasteiger partial charge < -0.3 is 20.3 Å². The Hall–Kier alpha value is -3.44. The molecule has 1 aromatic heterocycles. The highest BCUT2D eigenvalue weighted by Crippen LogP contribution is 2.27. The maximum absolute atomic E-state index is 13.8. The van der Waals surface area contributed by atoms with Gasteiger partial charge in [-0.2, -0.15) is 0 Å². The predicted molar refractivity (Wildman–Crippen MR) is 132 cm³/mol. The van der Waals surface area contributed by atoms with Gasteiger partial charge in [0.25, 0.3) is 0 Å². The fourth-order valence-electron chi connectivity index (χ4n) is 4.81. The monoisotopic (exact) mass is 516 g/mol. The SMILES string of the molecule is Fc1cc(F)c(F)c(COc2cnc(Nc3cccc(N4CCC(N5CCNCC5)CC4)c3)nc2)c1F. The highest BCUT2D eigenvalue weighted by Gasteiger charge is 2.25. The van der Waals surface area contributed by atoms with Gasteiger partial charge >= 0.3 is 0 Å². The summed E-state index contributed by atoms with van der Waals surface area (Å²) >= 11 is 0. The minimum Gasteiger partial charge on any atom is -0.485 e. The molecule has 3 heterocycles. The summed E-state index contributed by atoms with van der Waals surface area (Å²) in [4.78, 5) is 13.3. The summed E-state index contributed by atoms with van der Waals surface area (Å²) < 4.78 is 59.6. The van der Waals surface area contributed by atoms with Crippen LogP contribution in [-0.4, -0.2) is 60.2 Å². The molecule has 3 aromatic rings. The van der Waals surface area contributed by atoms with Crippen molar-refractivity contribution in [3.05, 3.63) is 71.6 Å². The van der Waals surface area contributed by atoms with Crippen molar-refractivity contribution < 1.29 is 22.3 Å². The molecule has 0 aliphatic carbocycles. The summed E-state index contributed by atoms with van der Waals surface area (Å²) in [6, 6.07) is 8.81. The zero-order valence-electron chi connectivity index (χ0n) is 20.2. The number of rotatable bonds is 7. The summed E-state index contributed by atoms with van der Waals surface area (Å²) in [5, 5.41) is 6.55. The van der Waals surface area contributed by atoms with Crippen LogP contribution in [0.1, 0.15) is 18.4 Å². The smallest absolute Gasteiger partial charge is 0.227 e. The summed E-state index contributed by atoms with van der Waals surface area (Å²) in [7, 11) is 0. The molecule has 7 nitrogen and oxygen atoms in total. The quantitative estimate of drug-likeness (QED) is 0.360. The lowest BCUT2D eigenvalue weighted by molar-refractivity contribution is 0.150. The topological polar surface area (TPSA) is 65.6 Å². The maximum Gasteiger partial charge on any atom is 0.227 e. The van der Waals surface area contributed by atoms with Gasteiger partial charge in [-0.15, -0.1) is 0 Å². The number of nitrogens with zero attached hydrogens (tertiary/aromatic N) is 4. The van der Waals surface area contributed by atoms with Crippen molar-refractivity contribution in [3.63, 3.8) is 0 Å². The molecule has 2 saturated heterocycles. The lowest BCUT2D eigenvalue weighted by Gasteiger charge is -2.41. The second kappa shape index (κ2) is 11.3. The number of hydrogen-bond acceptors (Lipinski definition) is 7. The van der Waals surface area contributed by atoms with E-state index in [0.29, 0.717) is 12.0 Å². The molecule has 0 spiro atoms. The van der Waals surface area contributed by atoms with E-state index in [1.165, 1.54) is 12.4 Å². The summed E-state index contributed by atoms with van der Waals surface area (Å²) in [5.74, 6) is -5.57. The fraction of sp³-hybridized carbons (Fsp3) is 0.385. The van der Waals surface area contributed by atoms with Gasteiger partial charge in [0.15, 0.2) is 29.0 Å². The van der Waals surface area contributed by atoms with Crippen LogP contribution in [0.2, 0.25) is 0 Å². The van der Waals surface area contributed by atoms with Crippen LogP contribution in [0.5, 0.6) is 5.75 Å². The third kappa shape index (κ3) is 5.94. The van der Waals surface area contributed by atoms with Gasteiger partial charge in [-0.3, -0.25) is 4.90 Å². The molecule has 0 bridgehead atoms. The Morgan fingerprint density at radius 1 is 0.919 bits per heavy atom. The van der Waals surface area contributed by atoms with Crippen LogP contribution in [0.4, 0.5) is 34.9 Å². The van der Waals surface area contributed by atoms with Crippen molar-refractivity contribution in [2.45, 2.75) is 25.5 Å². The zero-order chi connectivity index (χ0) is 25.8. The Morgan fingerprint density at radius 3 is 2.27 bits per heavy atom. The number of ether oxygens (including phenoxy) is 1. The summed E-state index contributed by atoms with van der Waals surface area (Å²) in [5.41, 5.74) is 1.10. The van der Waals surface area contributed by atoms with Crippen LogP contribution in [0, 0.1) is 23.3 Å². The Labute approximate surface area is 212 Å². The fourth-order valence-corrected chi connectivity index (χ4v) is 4.81. The van der Waals surface area contributed by atoms with E-state index in [-0.39, 0.29) is 11.8 Å². The minimum absolute atomic E-state index is 0.0927. The number of anilines is 3. The molecule has 196 valence electrons. The first kappa shape index (κ1) is 25.2. The van der Waals surface area contributed by atoms with E-state index in [4.69, 9.17) is 4.74 Å². The van der Waals surface area contributed by atoms with Crippen molar-refractivity contribution in [2.75, 3.05) is 49.5 Å². The molecule has 0 atom stereocenters. The highest BCUT2D eigenvalue weighted by molar-refractivity contribution is 5.62. The molecule has 0 radical (unpaired) electrons. The van der Waals surface area contributed by atoms with Crippen molar-refractivity contribution >= 4 is 17.3 Å². The average Bonchev–Trinajstić information content (AvgIpc) is 2.93. The van der Waals surface area contributed by atoms with Crippen molar-refractivity contribution in [1.29, 1.82) is 0 Å². The van der Waals surface area contributed by atoms with Crippen molar-refractivity contribution in [3.8, 4) is 5.75 Å². The van der Waals surface area contributed by atoms with Crippen LogP contribution in [0.25, 0.3) is 0 Å². The van der Waals surface area contributed by atoms with E-state index >= 15 is 0 Å². The molecule has 2 N–H and O–H groups in total. The first-order valence-corrected chi connectivity index (χ1v) is 12.3. The second-order valence-corrected chi connectivity index (χ2v) is 9.16. The van der Waals surface area contributed by atoms with Crippen molar-refractivity contribution in [1.82, 2.24) is 20.2 Å². The number of nitrogens with one attached hydrogen (secondary N) is 2. The Morgan fingerprint density at radius 2 is 1.59 bits per heavy atom. The van der Waals surface area contributed by atoms with Gasteiger partial charge in [0.05, 0.1) is 18.0 Å². The number of halogens is 4. The lowest BCUT2D eigenvalue weighted by Crippen LogP contribution is -2.52. The third-order valence-corrected chi connectivity index (χ3v) is 6.81. The maximum atomic E-state index is 13.8. The highest BCUT2D eigenvalue weighted by atomic mass is 19.2. The van der Waals surface area contributed by atoms with E-state index in [2.05, 4.69) is 36.5 Å². The van der Waals surface area contributed by atoms with E-state index in [0.717, 1.165) is 63.5 Å². The molecule has 2 aliphatic heterocycles. The molecule has 2 fully saturated rings. The van der Waals surface area contributed by atoms with Gasteiger partial charge in [-0.1, -0.05) is 6.07 Å². The van der Waals surface area contributed by atoms with E-state index in [9.17, 15) is 17.6 Å². The molecule has 2 aromatic carbocycles. The van der Waals surface area contributed by atoms with E-state index in [1.54, 1.807) is 0 Å². The average molecular weight is 517 g/mol. The molecular formula is C26H28F4N6O. The van der Waals surface area contributed by atoms with Gasteiger partial charge in [0.1, 0.15) is 6.61 Å². The van der Waals surface area contributed by atoms with Gasteiger partial charge in [-0.25, -0.2) is 27.5 Å². The zero-order valence-corrected chi connectivity index (χ0v) is 20.2. The number of hydrogen-bond donors (Lipinski definition) is 2. The first-order chi connectivity index (χ1) is 18.0. The lowest BCUT2D eigenvalue weighted by atomic mass is 10.0. The summed E-state index contributed by atoms with van der Waals surface area (Å²) in [6.45, 7) is 5.64. The molecule has 11 heteroatoms. The Balaban J connectivity index is 1.16.